The molecular formula is C12H14F2N2O3. The van der Waals surface area contributed by atoms with Crippen LogP contribution in [0.15, 0.2) is 12.1 Å². The predicted molar refractivity (Wildman–Crippen MR) is 64.8 cm³/mol. The summed E-state index contributed by atoms with van der Waals surface area (Å²) < 4.78 is 26.9. The molecule has 1 aliphatic rings. The Morgan fingerprint density at radius 3 is 2.79 bits per heavy atom. The van der Waals surface area contributed by atoms with E-state index in [0.29, 0.717) is 6.42 Å². The molecule has 0 radical (unpaired) electrons. The molecule has 0 bridgehead atoms. The van der Waals surface area contributed by atoms with Crippen LogP contribution in [0.3, 0.4) is 0 Å². The van der Waals surface area contributed by atoms with Crippen LogP contribution in [0, 0.1) is 27.7 Å². The van der Waals surface area contributed by atoms with Crippen LogP contribution in [-0.4, -0.2) is 22.7 Å². The van der Waals surface area contributed by atoms with Crippen molar-refractivity contribution in [2.75, 3.05) is 11.9 Å². The number of benzene rings is 1. The lowest BCUT2D eigenvalue weighted by Gasteiger charge is -2.20. The van der Waals surface area contributed by atoms with Crippen LogP contribution < -0.4 is 5.32 Å². The van der Waals surface area contributed by atoms with Crippen LogP contribution in [0.4, 0.5) is 20.2 Å². The minimum atomic E-state index is -1.25. The molecule has 0 aromatic heterocycles. The third-order valence-corrected chi connectivity index (χ3v) is 3.49. The third-order valence-electron chi connectivity index (χ3n) is 3.49. The lowest BCUT2D eigenvalue weighted by atomic mass is 10.0. The van der Waals surface area contributed by atoms with Crippen molar-refractivity contribution in [3.05, 3.63) is 33.9 Å². The fourth-order valence-electron chi connectivity index (χ4n) is 2.46. The average molecular weight is 272 g/mol. The van der Waals surface area contributed by atoms with Crippen LogP contribution in [-0.2, 0) is 0 Å². The maximum Gasteiger partial charge on any atom is 0.295 e. The first-order chi connectivity index (χ1) is 9.04. The predicted octanol–water partition coefficient (Wildman–Crippen LogP) is 2.45. The Morgan fingerprint density at radius 1 is 1.42 bits per heavy atom. The molecule has 1 aromatic carbocycles. The van der Waals surface area contributed by atoms with Gasteiger partial charge in [-0.25, -0.2) is 8.78 Å². The number of rotatable bonds is 4. The van der Waals surface area contributed by atoms with Gasteiger partial charge < -0.3 is 10.4 Å². The van der Waals surface area contributed by atoms with Crippen molar-refractivity contribution in [2.24, 2.45) is 5.92 Å². The van der Waals surface area contributed by atoms with E-state index < -0.39 is 27.9 Å². The smallest absolute Gasteiger partial charge is 0.295 e. The van der Waals surface area contributed by atoms with Gasteiger partial charge >= 0.3 is 0 Å². The highest BCUT2D eigenvalue weighted by Gasteiger charge is 2.30. The summed E-state index contributed by atoms with van der Waals surface area (Å²) in [6.07, 6.45) is 2.27. The Balaban J connectivity index is 2.32. The third kappa shape index (κ3) is 2.65. The van der Waals surface area contributed by atoms with Crippen molar-refractivity contribution in [2.45, 2.75) is 25.3 Å². The second-order valence-corrected chi connectivity index (χ2v) is 4.64. The SMILES string of the molecule is O=[N+]([O-])c1ccc(F)c(F)c1NC1CCCC1CO. The Bertz CT molecular complexity index is 496. The molecule has 0 heterocycles. The van der Waals surface area contributed by atoms with Gasteiger partial charge in [0, 0.05) is 24.6 Å². The number of nitro groups is 1. The molecule has 2 atom stereocenters. The number of aliphatic hydroxyl groups excluding tert-OH is 1. The molecule has 0 amide bonds. The van der Waals surface area contributed by atoms with Gasteiger partial charge in [-0.15, -0.1) is 0 Å². The van der Waals surface area contributed by atoms with Crippen molar-refractivity contribution in [1.82, 2.24) is 0 Å². The second-order valence-electron chi connectivity index (χ2n) is 4.64. The first-order valence-corrected chi connectivity index (χ1v) is 6.04. The van der Waals surface area contributed by atoms with Crippen molar-refractivity contribution in [3.8, 4) is 0 Å². The van der Waals surface area contributed by atoms with E-state index in [9.17, 15) is 24.0 Å². The van der Waals surface area contributed by atoms with E-state index >= 15 is 0 Å². The van der Waals surface area contributed by atoms with Gasteiger partial charge in [0.05, 0.1) is 4.92 Å². The first-order valence-electron chi connectivity index (χ1n) is 6.04. The summed E-state index contributed by atoms with van der Waals surface area (Å²) >= 11 is 0. The lowest BCUT2D eigenvalue weighted by Crippen LogP contribution is -2.27. The fourth-order valence-corrected chi connectivity index (χ4v) is 2.46. The summed E-state index contributed by atoms with van der Waals surface area (Å²) in [5, 5.41) is 22.7. The van der Waals surface area contributed by atoms with E-state index in [2.05, 4.69) is 5.32 Å². The summed E-state index contributed by atoms with van der Waals surface area (Å²) in [5.74, 6) is -2.48. The van der Waals surface area contributed by atoms with Crippen LogP contribution in [0.5, 0.6) is 0 Å². The number of hydrogen-bond donors (Lipinski definition) is 2. The minimum Gasteiger partial charge on any atom is -0.396 e. The minimum absolute atomic E-state index is 0.0810. The summed E-state index contributed by atoms with van der Waals surface area (Å²) in [6.45, 7) is -0.0810. The van der Waals surface area contributed by atoms with Gasteiger partial charge in [0.2, 0.25) is 0 Å². The van der Waals surface area contributed by atoms with E-state index in [1.54, 1.807) is 0 Å². The van der Waals surface area contributed by atoms with Crippen LogP contribution in [0.25, 0.3) is 0 Å². The van der Waals surface area contributed by atoms with Crippen molar-refractivity contribution >= 4 is 11.4 Å². The molecule has 0 saturated heterocycles. The monoisotopic (exact) mass is 272 g/mol. The van der Waals surface area contributed by atoms with Crippen LogP contribution in [0.1, 0.15) is 19.3 Å². The number of nitro benzene ring substituents is 1. The molecule has 0 aliphatic heterocycles. The summed E-state index contributed by atoms with van der Waals surface area (Å²) in [7, 11) is 0. The second kappa shape index (κ2) is 5.48. The normalized spacial score (nSPS) is 22.5. The summed E-state index contributed by atoms with van der Waals surface area (Å²) in [4.78, 5) is 10.1. The number of aliphatic hydroxyl groups is 1. The number of hydrogen-bond acceptors (Lipinski definition) is 4. The van der Waals surface area contributed by atoms with Gasteiger partial charge in [-0.1, -0.05) is 6.42 Å². The quantitative estimate of drug-likeness (QED) is 0.652. The summed E-state index contributed by atoms with van der Waals surface area (Å²) in [6, 6.07) is 1.39. The lowest BCUT2D eigenvalue weighted by molar-refractivity contribution is -0.384. The zero-order valence-corrected chi connectivity index (χ0v) is 10.1. The number of halogens is 2. The maximum atomic E-state index is 13.7. The Labute approximate surface area is 108 Å². The maximum absolute atomic E-state index is 13.7. The van der Waals surface area contributed by atoms with Crippen molar-refractivity contribution in [3.63, 3.8) is 0 Å². The zero-order chi connectivity index (χ0) is 14.0. The standard InChI is InChI=1S/C12H14F2N2O3/c13-8-4-5-10(16(18)19)12(11(8)14)15-9-3-1-2-7(9)6-17/h4-5,7,9,15,17H,1-3,6H2. The Kier molecular flexibility index (Phi) is 3.94. The van der Waals surface area contributed by atoms with Crippen LogP contribution >= 0.6 is 0 Å². The van der Waals surface area contributed by atoms with E-state index in [-0.39, 0.29) is 18.6 Å². The molecule has 1 aromatic rings. The van der Waals surface area contributed by atoms with E-state index in [1.165, 1.54) is 0 Å². The highest BCUT2D eigenvalue weighted by atomic mass is 19.2. The number of anilines is 1. The molecule has 5 nitrogen and oxygen atoms in total. The first kappa shape index (κ1) is 13.7. The largest absolute Gasteiger partial charge is 0.396 e. The molecule has 0 spiro atoms. The molecule has 104 valence electrons. The Morgan fingerprint density at radius 2 is 2.16 bits per heavy atom. The molecule has 19 heavy (non-hydrogen) atoms. The van der Waals surface area contributed by atoms with Gasteiger partial charge in [0.15, 0.2) is 17.3 Å². The molecule has 2 rings (SSSR count). The van der Waals surface area contributed by atoms with Gasteiger partial charge in [-0.05, 0) is 18.9 Å². The topological polar surface area (TPSA) is 75.4 Å². The van der Waals surface area contributed by atoms with Crippen molar-refractivity contribution in [1.29, 1.82) is 0 Å². The molecule has 2 unspecified atom stereocenters. The molecule has 2 N–H and O–H groups in total. The molecular weight excluding hydrogens is 258 g/mol. The van der Waals surface area contributed by atoms with E-state index in [0.717, 1.165) is 25.0 Å². The van der Waals surface area contributed by atoms with E-state index in [1.807, 2.05) is 0 Å². The zero-order valence-electron chi connectivity index (χ0n) is 10.1. The van der Waals surface area contributed by atoms with Gasteiger partial charge in [0.25, 0.3) is 5.69 Å². The van der Waals surface area contributed by atoms with Crippen molar-refractivity contribution < 1.29 is 18.8 Å². The molecule has 1 fully saturated rings. The van der Waals surface area contributed by atoms with E-state index in [4.69, 9.17) is 0 Å². The molecule has 1 saturated carbocycles. The highest BCUT2D eigenvalue weighted by molar-refractivity contribution is 5.63. The van der Waals surface area contributed by atoms with Gasteiger partial charge in [-0.2, -0.15) is 0 Å². The number of nitrogens with zero attached hydrogens (tertiary/aromatic N) is 1. The summed E-state index contributed by atoms with van der Waals surface area (Å²) in [5.41, 5.74) is -0.933. The Hall–Kier alpha value is -1.76. The number of nitrogens with one attached hydrogen (secondary N) is 1. The van der Waals surface area contributed by atoms with Gasteiger partial charge in [0.1, 0.15) is 0 Å². The highest BCUT2D eigenvalue weighted by Crippen LogP contribution is 2.34. The molecule has 7 heteroatoms. The fraction of sp³-hybridized carbons (Fsp3) is 0.500. The van der Waals surface area contributed by atoms with Gasteiger partial charge in [-0.3, -0.25) is 10.1 Å². The molecule has 1 aliphatic carbocycles. The average Bonchev–Trinajstić information content (AvgIpc) is 2.82. The van der Waals surface area contributed by atoms with Crippen LogP contribution in [0.2, 0.25) is 0 Å².